The van der Waals surface area contributed by atoms with E-state index >= 15 is 0 Å². The first-order chi connectivity index (χ1) is 7.44. The predicted molar refractivity (Wildman–Crippen MR) is 48.7 cm³/mol. The van der Waals surface area contributed by atoms with E-state index in [0.29, 0.717) is 0 Å². The molecule has 0 amide bonds. The Labute approximate surface area is 91.0 Å². The van der Waals surface area contributed by atoms with Crippen molar-refractivity contribution in [1.82, 2.24) is 0 Å². The van der Waals surface area contributed by atoms with Crippen molar-refractivity contribution in [3.8, 4) is 0 Å². The topological polar surface area (TPSA) is 110 Å². The summed E-state index contributed by atoms with van der Waals surface area (Å²) in [7, 11) is 1.06. The first kappa shape index (κ1) is 12.4. The maximum atomic E-state index is 11.5. The van der Waals surface area contributed by atoms with Gasteiger partial charge in [-0.05, 0) is 6.42 Å². The molecule has 2 unspecified atom stereocenters. The summed E-state index contributed by atoms with van der Waals surface area (Å²) < 4.78 is 9.47. The quantitative estimate of drug-likeness (QED) is 0.628. The molecule has 0 aliphatic carbocycles. The summed E-state index contributed by atoms with van der Waals surface area (Å²) in [5, 5.41) is 17.6. The number of methoxy groups -OCH3 is 1. The number of carboxylic acids is 2. The first-order valence-corrected chi connectivity index (χ1v) is 4.61. The smallest absolute Gasteiger partial charge is 0.339 e. The van der Waals surface area contributed by atoms with E-state index in [2.05, 4.69) is 4.74 Å². The molecule has 0 radical (unpaired) electrons. The van der Waals surface area contributed by atoms with Crippen LogP contribution in [0, 0.1) is 5.92 Å². The lowest BCUT2D eigenvalue weighted by Gasteiger charge is -2.27. The van der Waals surface area contributed by atoms with Crippen LogP contribution in [0.2, 0.25) is 0 Å². The van der Waals surface area contributed by atoms with Gasteiger partial charge in [-0.15, -0.1) is 0 Å². The minimum absolute atomic E-state index is 0.0271. The van der Waals surface area contributed by atoms with Crippen LogP contribution in [-0.4, -0.2) is 47.4 Å². The Hall–Kier alpha value is -1.63. The third-order valence-corrected chi connectivity index (χ3v) is 2.57. The minimum atomic E-state index is -1.90. The monoisotopic (exact) mass is 232 g/mol. The van der Waals surface area contributed by atoms with Crippen LogP contribution in [0.25, 0.3) is 0 Å². The number of hydrogen-bond acceptors (Lipinski definition) is 5. The fourth-order valence-electron chi connectivity index (χ4n) is 1.86. The minimum Gasteiger partial charge on any atom is -0.481 e. The van der Waals surface area contributed by atoms with Gasteiger partial charge in [0.25, 0.3) is 0 Å². The first-order valence-electron chi connectivity index (χ1n) is 4.61. The van der Waals surface area contributed by atoms with Gasteiger partial charge >= 0.3 is 17.9 Å². The summed E-state index contributed by atoms with van der Waals surface area (Å²) in [6.07, 6.45) is -0.617. The van der Waals surface area contributed by atoms with Crippen molar-refractivity contribution in [2.45, 2.75) is 18.4 Å². The molecule has 1 heterocycles. The van der Waals surface area contributed by atoms with Crippen LogP contribution in [0.1, 0.15) is 12.8 Å². The Balaban J connectivity index is 3.06. The number of carbonyl (C=O) groups excluding carboxylic acids is 1. The Morgan fingerprint density at radius 2 is 2.06 bits per heavy atom. The van der Waals surface area contributed by atoms with Crippen LogP contribution in [0.3, 0.4) is 0 Å². The second-order valence-corrected chi connectivity index (χ2v) is 3.48. The fourth-order valence-corrected chi connectivity index (χ4v) is 1.86. The van der Waals surface area contributed by atoms with E-state index in [-0.39, 0.29) is 13.0 Å². The van der Waals surface area contributed by atoms with Gasteiger partial charge in [0, 0.05) is 6.61 Å². The van der Waals surface area contributed by atoms with Gasteiger partial charge in [-0.1, -0.05) is 0 Å². The highest BCUT2D eigenvalue weighted by Gasteiger charge is 2.56. The fraction of sp³-hybridized carbons (Fsp3) is 0.667. The van der Waals surface area contributed by atoms with Crippen molar-refractivity contribution in [2.24, 2.45) is 5.92 Å². The van der Waals surface area contributed by atoms with E-state index in [0.717, 1.165) is 7.11 Å². The second-order valence-electron chi connectivity index (χ2n) is 3.48. The molecule has 2 N–H and O–H groups in total. The molecule has 1 aliphatic rings. The summed E-state index contributed by atoms with van der Waals surface area (Å²) in [6.45, 7) is 0.0271. The van der Waals surface area contributed by atoms with Crippen LogP contribution in [0.15, 0.2) is 0 Å². The molecular weight excluding hydrogens is 220 g/mol. The average Bonchev–Trinajstić information content (AvgIpc) is 2.60. The highest BCUT2D eigenvalue weighted by atomic mass is 16.6. The number of carbonyl (C=O) groups is 3. The lowest BCUT2D eigenvalue weighted by atomic mass is 9.84. The molecule has 1 rings (SSSR count). The molecule has 0 saturated carbocycles. The van der Waals surface area contributed by atoms with E-state index in [4.69, 9.17) is 14.9 Å². The zero-order chi connectivity index (χ0) is 12.3. The zero-order valence-corrected chi connectivity index (χ0v) is 8.63. The van der Waals surface area contributed by atoms with Crippen molar-refractivity contribution >= 4 is 17.9 Å². The highest BCUT2D eigenvalue weighted by molar-refractivity contribution is 5.91. The predicted octanol–water partition coefficient (Wildman–Crippen LogP) is -0.506. The Bertz CT molecular complexity index is 324. The Morgan fingerprint density at radius 1 is 1.44 bits per heavy atom. The third kappa shape index (κ3) is 1.99. The summed E-state index contributed by atoms with van der Waals surface area (Å²) in [5.74, 6) is -4.71. The molecule has 0 aromatic carbocycles. The number of aliphatic carboxylic acids is 2. The zero-order valence-electron chi connectivity index (χ0n) is 8.63. The Kier molecular flexibility index (Phi) is 3.48. The number of hydrogen-bond donors (Lipinski definition) is 2. The molecule has 2 atom stereocenters. The second kappa shape index (κ2) is 4.48. The van der Waals surface area contributed by atoms with Crippen LogP contribution < -0.4 is 0 Å². The molecule has 0 spiro atoms. The van der Waals surface area contributed by atoms with Crippen molar-refractivity contribution in [3.63, 3.8) is 0 Å². The molecule has 7 nitrogen and oxygen atoms in total. The molecule has 7 heteroatoms. The van der Waals surface area contributed by atoms with Gasteiger partial charge in [-0.3, -0.25) is 9.59 Å². The molecule has 0 aromatic heterocycles. The summed E-state index contributed by atoms with van der Waals surface area (Å²) >= 11 is 0. The van der Waals surface area contributed by atoms with Gasteiger partial charge < -0.3 is 19.7 Å². The number of carboxylic acid groups (broad SMARTS) is 2. The van der Waals surface area contributed by atoms with Crippen molar-refractivity contribution in [2.75, 3.05) is 13.7 Å². The molecule has 0 aromatic rings. The van der Waals surface area contributed by atoms with Gasteiger partial charge in [0.15, 0.2) is 5.60 Å². The average molecular weight is 232 g/mol. The van der Waals surface area contributed by atoms with Crippen LogP contribution >= 0.6 is 0 Å². The van der Waals surface area contributed by atoms with Gasteiger partial charge in [0.2, 0.25) is 0 Å². The van der Waals surface area contributed by atoms with Gasteiger partial charge in [0.1, 0.15) is 0 Å². The normalized spacial score (nSPS) is 28.7. The van der Waals surface area contributed by atoms with Crippen molar-refractivity contribution in [3.05, 3.63) is 0 Å². The van der Waals surface area contributed by atoms with E-state index in [1.165, 1.54) is 0 Å². The molecule has 16 heavy (non-hydrogen) atoms. The molecule has 1 fully saturated rings. The maximum Gasteiger partial charge on any atom is 0.339 e. The Morgan fingerprint density at radius 3 is 2.50 bits per heavy atom. The van der Waals surface area contributed by atoms with Crippen molar-refractivity contribution < 1.29 is 34.1 Å². The molecule has 90 valence electrons. The van der Waals surface area contributed by atoms with Gasteiger partial charge in [-0.25, -0.2) is 4.79 Å². The van der Waals surface area contributed by atoms with E-state index in [9.17, 15) is 14.4 Å². The van der Waals surface area contributed by atoms with Crippen molar-refractivity contribution in [1.29, 1.82) is 0 Å². The number of esters is 1. The maximum absolute atomic E-state index is 11.5. The molecule has 1 saturated heterocycles. The number of rotatable bonds is 4. The van der Waals surface area contributed by atoms with E-state index in [1.807, 2.05) is 0 Å². The van der Waals surface area contributed by atoms with Crippen LogP contribution in [0.5, 0.6) is 0 Å². The molecular formula is C9H12O7. The molecule has 1 aliphatic heterocycles. The standard InChI is InChI=1S/C9H12O7/c1-15-8(14)9(4-6(10)11)5(7(12)13)2-3-16-9/h5H,2-4H2,1H3,(H,10,11)(H,12,13). The molecule has 0 bridgehead atoms. The largest absolute Gasteiger partial charge is 0.481 e. The van der Waals surface area contributed by atoms with Crippen LogP contribution in [-0.2, 0) is 23.9 Å². The van der Waals surface area contributed by atoms with Crippen LogP contribution in [0.4, 0.5) is 0 Å². The summed E-state index contributed by atoms with van der Waals surface area (Å²) in [5.41, 5.74) is -1.90. The lowest BCUT2D eigenvalue weighted by molar-refractivity contribution is -0.178. The lowest BCUT2D eigenvalue weighted by Crippen LogP contribution is -2.49. The highest BCUT2D eigenvalue weighted by Crippen LogP contribution is 2.36. The van der Waals surface area contributed by atoms with E-state index in [1.54, 1.807) is 0 Å². The van der Waals surface area contributed by atoms with Gasteiger partial charge in [-0.2, -0.15) is 0 Å². The van der Waals surface area contributed by atoms with Gasteiger partial charge in [0.05, 0.1) is 19.4 Å². The van der Waals surface area contributed by atoms with E-state index < -0.39 is 35.8 Å². The number of ether oxygens (including phenoxy) is 2. The SMILES string of the molecule is COC(=O)C1(CC(=O)O)OCCC1C(=O)O. The summed E-state index contributed by atoms with van der Waals surface area (Å²) in [4.78, 5) is 33.1. The third-order valence-electron chi connectivity index (χ3n) is 2.57. The summed E-state index contributed by atoms with van der Waals surface area (Å²) in [6, 6.07) is 0.